The second kappa shape index (κ2) is 15.4. The number of aliphatic carboxylic acids is 1. The first-order valence-electron chi connectivity index (χ1n) is 18.2. The first-order chi connectivity index (χ1) is 27.8. The molecule has 2 saturated heterocycles. The highest BCUT2D eigenvalue weighted by Gasteiger charge is 2.52. The molecular formula is C39H40FNO18. The minimum Gasteiger partial charge on any atom is -0.507 e. The smallest absolute Gasteiger partial charge is 0.325 e. The Morgan fingerprint density at radius 1 is 0.847 bits per heavy atom. The van der Waals surface area contributed by atoms with Gasteiger partial charge in [0.15, 0.2) is 30.3 Å². The molecule has 4 aliphatic rings. The van der Waals surface area contributed by atoms with E-state index in [1.165, 1.54) is 33.1 Å². The third-order valence-electron chi connectivity index (χ3n) is 11.0. The van der Waals surface area contributed by atoms with Crippen LogP contribution in [0.4, 0.5) is 4.39 Å². The first-order valence-corrected chi connectivity index (χ1v) is 18.2. The maximum absolute atomic E-state index is 15.6. The number of phenols is 3. The molecule has 0 aromatic heterocycles. The van der Waals surface area contributed by atoms with Gasteiger partial charge in [0.25, 0.3) is 5.91 Å². The summed E-state index contributed by atoms with van der Waals surface area (Å²) in [6.07, 6.45) is -20.0. The Bertz CT molecular complexity index is 2260. The van der Waals surface area contributed by atoms with Crippen LogP contribution in [0.15, 0.2) is 24.3 Å². The number of aryl methyl sites for hydroxylation is 1. The van der Waals surface area contributed by atoms with E-state index in [9.17, 15) is 65.1 Å². The Morgan fingerprint density at radius 2 is 1.49 bits per heavy atom. The highest BCUT2D eigenvalue weighted by atomic mass is 19.1. The lowest BCUT2D eigenvalue weighted by atomic mass is 9.74. The fourth-order valence-electron chi connectivity index (χ4n) is 7.86. The van der Waals surface area contributed by atoms with Gasteiger partial charge in [-0.25, -0.2) is 4.39 Å². The lowest BCUT2D eigenvalue weighted by molar-refractivity contribution is -0.346. The fraction of sp³-hybridized carbons (Fsp3) is 0.436. The average molecular weight is 830 g/mol. The zero-order chi connectivity index (χ0) is 43.1. The van der Waals surface area contributed by atoms with Gasteiger partial charge < -0.3 is 75.0 Å². The number of carboxylic acid groups (broad SMARTS) is 1. The molecule has 0 saturated carbocycles. The van der Waals surface area contributed by atoms with Gasteiger partial charge in [-0.05, 0) is 49.6 Å². The molecule has 59 heavy (non-hydrogen) atoms. The van der Waals surface area contributed by atoms with Gasteiger partial charge in [-0.1, -0.05) is 6.07 Å². The summed E-state index contributed by atoms with van der Waals surface area (Å²) in [6, 6.07) is 3.05. The number of alkyl halides is 1. The van der Waals surface area contributed by atoms with Crippen LogP contribution in [-0.2, 0) is 23.7 Å². The maximum Gasteiger partial charge on any atom is 0.325 e. The molecule has 7 rings (SSSR count). The molecule has 12 atom stereocenters. The van der Waals surface area contributed by atoms with Crippen molar-refractivity contribution in [2.75, 3.05) is 13.7 Å². The standard InChI is InChI=1S/C39H40FNO18/c1-10-5-17-23(30(48)20(10)36(52)41-11(2)37(53)54)22-15(8-16-24(31(22)49)27(45)14-6-13(55-4)7-18(42)21(14)26(16)44)28(46)34(17)58-39-33(51)35(25(40)12(3)57-39)59-38-32(50)29(47)19(43)9-56-38/h5-8,11-12,19,25,28-29,32-35,38-39,42-43,46-51H,9H2,1-4H3,(H,41,52)(H,53,54)/t11-,12+,19-,25-,28+,29+,32-,33+,34+,35-,38+,39-/m1/s1. The van der Waals surface area contributed by atoms with E-state index < -0.39 is 154 Å². The highest BCUT2D eigenvalue weighted by molar-refractivity contribution is 6.31. The number of carbonyl (C=O) groups is 4. The molecule has 20 heteroatoms. The Kier molecular flexibility index (Phi) is 10.9. The van der Waals surface area contributed by atoms with Crippen LogP contribution < -0.4 is 10.1 Å². The fourth-order valence-corrected chi connectivity index (χ4v) is 7.86. The number of amides is 1. The van der Waals surface area contributed by atoms with Gasteiger partial charge in [-0.3, -0.25) is 19.2 Å². The summed E-state index contributed by atoms with van der Waals surface area (Å²) in [7, 11) is 1.25. The largest absolute Gasteiger partial charge is 0.507 e. The number of hydrogen-bond donors (Lipinski definition) is 10. The Labute approximate surface area is 332 Å². The number of carboxylic acids is 1. The minimum absolute atomic E-state index is 0.00425. The number of aliphatic hydroxyl groups is 5. The second-order valence-corrected chi connectivity index (χ2v) is 14.8. The van der Waals surface area contributed by atoms with E-state index in [1.54, 1.807) is 0 Å². The number of ether oxygens (including phenoxy) is 5. The molecule has 10 N–H and O–H groups in total. The molecule has 0 unspecified atom stereocenters. The van der Waals surface area contributed by atoms with Crippen LogP contribution in [0.1, 0.15) is 84.9 Å². The van der Waals surface area contributed by atoms with Crippen LogP contribution in [0.3, 0.4) is 0 Å². The minimum atomic E-state index is -2.11. The molecule has 0 radical (unpaired) electrons. The predicted octanol–water partition coefficient (Wildman–Crippen LogP) is 0.138. The summed E-state index contributed by atoms with van der Waals surface area (Å²) < 4.78 is 43.4. The van der Waals surface area contributed by atoms with Gasteiger partial charge in [-0.15, -0.1) is 0 Å². The van der Waals surface area contributed by atoms with E-state index in [0.717, 1.165) is 19.1 Å². The van der Waals surface area contributed by atoms with E-state index >= 15 is 4.39 Å². The van der Waals surface area contributed by atoms with Crippen molar-refractivity contribution >= 4 is 23.4 Å². The van der Waals surface area contributed by atoms with Gasteiger partial charge in [0.2, 0.25) is 0 Å². The lowest BCUT2D eigenvalue weighted by Crippen LogP contribution is -2.61. The summed E-state index contributed by atoms with van der Waals surface area (Å²) in [5.41, 5.74) is -3.85. The number of aliphatic hydroxyl groups excluding tert-OH is 5. The van der Waals surface area contributed by atoms with Crippen molar-refractivity contribution in [3.63, 3.8) is 0 Å². The Morgan fingerprint density at radius 3 is 2.15 bits per heavy atom. The quantitative estimate of drug-likeness (QED) is 0.113. The van der Waals surface area contributed by atoms with Crippen molar-refractivity contribution in [3.8, 4) is 34.1 Å². The van der Waals surface area contributed by atoms with Crippen molar-refractivity contribution in [2.24, 2.45) is 0 Å². The van der Waals surface area contributed by atoms with E-state index in [1.807, 2.05) is 0 Å². The van der Waals surface area contributed by atoms with Crippen LogP contribution in [0.5, 0.6) is 23.0 Å². The van der Waals surface area contributed by atoms with Crippen LogP contribution in [0, 0.1) is 6.92 Å². The van der Waals surface area contributed by atoms with E-state index in [0.29, 0.717) is 0 Å². The molecule has 1 amide bonds. The zero-order valence-corrected chi connectivity index (χ0v) is 31.5. The monoisotopic (exact) mass is 829 g/mol. The zero-order valence-electron chi connectivity index (χ0n) is 31.5. The highest BCUT2D eigenvalue weighted by Crippen LogP contribution is 2.57. The number of aromatic hydroxyl groups is 3. The number of methoxy groups -OCH3 is 1. The van der Waals surface area contributed by atoms with Crippen molar-refractivity contribution in [3.05, 3.63) is 68.8 Å². The number of benzene rings is 3. The van der Waals surface area contributed by atoms with Crippen molar-refractivity contribution in [1.82, 2.24) is 5.32 Å². The maximum atomic E-state index is 15.6. The third-order valence-corrected chi connectivity index (χ3v) is 11.0. The molecule has 0 spiro atoms. The van der Waals surface area contributed by atoms with Crippen LogP contribution in [0.2, 0.25) is 0 Å². The third kappa shape index (κ3) is 6.75. The topological polar surface area (TPSA) is 309 Å². The number of carbonyl (C=O) groups excluding carboxylic acids is 3. The number of ketones is 2. The number of fused-ring (bicyclic) bond motifs is 5. The number of halogens is 1. The average Bonchev–Trinajstić information content (AvgIpc) is 3.18. The van der Waals surface area contributed by atoms with Crippen LogP contribution >= 0.6 is 0 Å². The van der Waals surface area contributed by atoms with Crippen molar-refractivity contribution in [1.29, 1.82) is 0 Å². The normalized spacial score (nSPS) is 30.4. The molecule has 3 aromatic rings. The molecular weight excluding hydrogens is 789 g/mol. The molecule has 2 aliphatic carbocycles. The predicted molar refractivity (Wildman–Crippen MR) is 193 cm³/mol. The molecule has 2 aliphatic heterocycles. The number of rotatable bonds is 8. The summed E-state index contributed by atoms with van der Waals surface area (Å²) in [5.74, 6) is -6.90. The second-order valence-electron chi connectivity index (χ2n) is 14.8. The summed E-state index contributed by atoms with van der Waals surface area (Å²) in [5, 5.41) is 100. The van der Waals surface area contributed by atoms with Gasteiger partial charge in [-0.2, -0.15) is 0 Å². The van der Waals surface area contributed by atoms with Crippen molar-refractivity contribution < 1.29 is 93.2 Å². The van der Waals surface area contributed by atoms with Gasteiger partial charge >= 0.3 is 5.97 Å². The molecule has 0 bridgehead atoms. The number of phenolic OH excluding ortho intramolecular Hbond substituents is 3. The van der Waals surface area contributed by atoms with E-state index in [4.69, 9.17) is 23.7 Å². The lowest BCUT2D eigenvalue weighted by Gasteiger charge is -2.45. The molecule has 2 heterocycles. The van der Waals surface area contributed by atoms with Gasteiger partial charge in [0.1, 0.15) is 71.8 Å². The number of nitrogens with one attached hydrogen (secondary N) is 1. The molecule has 316 valence electrons. The van der Waals surface area contributed by atoms with Gasteiger partial charge in [0, 0.05) is 28.3 Å². The molecule has 19 nitrogen and oxygen atoms in total. The summed E-state index contributed by atoms with van der Waals surface area (Å²) >= 11 is 0. The van der Waals surface area contributed by atoms with E-state index in [2.05, 4.69) is 5.32 Å². The SMILES string of the molecule is COc1cc(O)c2c(c1)C(=O)c1c(cc3c(c1O)-c1c(cc(C)c(C(=O)N[C@H](C)C(=O)O)c1O)[C@H](O[C@H]1O[C@@H](C)[C@@H](F)[C@@H](O[C@@H]4OC[C@@H](O)[C@H](O)[C@H]4O)[C@@H]1O)[C@H]3O)C2=O. The Balaban J connectivity index is 1.36. The first kappa shape index (κ1) is 41.9. The molecule has 2 fully saturated rings. The Hall–Kier alpha value is -5.29. The van der Waals surface area contributed by atoms with Crippen LogP contribution in [-0.4, -0.2) is 145 Å². The molecule has 3 aromatic carbocycles. The summed E-state index contributed by atoms with van der Waals surface area (Å²) in [4.78, 5) is 53.1. The summed E-state index contributed by atoms with van der Waals surface area (Å²) in [6.45, 7) is 3.24. The van der Waals surface area contributed by atoms with Crippen molar-refractivity contribution in [2.45, 2.75) is 94.4 Å². The van der Waals surface area contributed by atoms with E-state index in [-0.39, 0.29) is 28.0 Å². The number of hydrogen-bond acceptors (Lipinski definition) is 17. The van der Waals surface area contributed by atoms with Crippen LogP contribution in [0.25, 0.3) is 11.1 Å². The van der Waals surface area contributed by atoms with Gasteiger partial charge in [0.05, 0.1) is 36.5 Å².